The molecule has 1 rings (SSSR count). The van der Waals surface area contributed by atoms with Crippen molar-refractivity contribution in [1.82, 2.24) is 0 Å². The highest BCUT2D eigenvalue weighted by Crippen LogP contribution is 2.19. The summed E-state index contributed by atoms with van der Waals surface area (Å²) in [5.74, 6) is 0. The minimum Gasteiger partial charge on any atom is -0.377 e. The van der Waals surface area contributed by atoms with Crippen LogP contribution in [0.25, 0.3) is 0 Å². The maximum absolute atomic E-state index is 5.45. The van der Waals surface area contributed by atoms with Gasteiger partial charge in [0.05, 0.1) is 0 Å². The summed E-state index contributed by atoms with van der Waals surface area (Å²) < 4.78 is 32.7. The third-order valence-corrected chi connectivity index (χ3v) is 9.79. The Morgan fingerprint density at radius 3 is 1.00 bits per heavy atom. The number of aryl methyl sites for hydroxylation is 2. The molecule has 0 fully saturated rings. The molecule has 0 saturated carbocycles. The molecule has 1 aromatic carbocycles. The number of benzene rings is 1. The molecule has 0 amide bonds. The van der Waals surface area contributed by atoms with E-state index in [1.165, 1.54) is 11.1 Å². The Morgan fingerprint density at radius 2 is 0.792 bits per heavy atom. The quantitative estimate of drug-likeness (QED) is 0.524. The van der Waals surface area contributed by atoms with E-state index in [0.717, 1.165) is 24.9 Å². The van der Waals surface area contributed by atoms with Gasteiger partial charge in [-0.05, 0) is 24.0 Å². The molecular formula is C16H30O6Si2. The third-order valence-electron chi connectivity index (χ3n) is 4.33. The fourth-order valence-corrected chi connectivity index (χ4v) is 5.99. The normalized spacial score (nSPS) is 12.6. The van der Waals surface area contributed by atoms with E-state index in [9.17, 15) is 0 Å². The van der Waals surface area contributed by atoms with Crippen LogP contribution in [0.15, 0.2) is 24.3 Å². The van der Waals surface area contributed by atoms with Crippen molar-refractivity contribution in [3.63, 3.8) is 0 Å². The first-order chi connectivity index (χ1) is 11.5. The van der Waals surface area contributed by atoms with Gasteiger partial charge in [0.25, 0.3) is 0 Å². The number of hydrogen-bond acceptors (Lipinski definition) is 6. The zero-order valence-electron chi connectivity index (χ0n) is 15.6. The molecule has 1 aromatic rings. The summed E-state index contributed by atoms with van der Waals surface area (Å²) in [6.07, 6.45) is 1.71. The Bertz CT molecular complexity index is 401. The van der Waals surface area contributed by atoms with Gasteiger partial charge >= 0.3 is 17.6 Å². The molecule has 6 nitrogen and oxygen atoms in total. The van der Waals surface area contributed by atoms with Crippen LogP contribution in [0.5, 0.6) is 0 Å². The van der Waals surface area contributed by atoms with Crippen molar-refractivity contribution in [2.75, 3.05) is 42.7 Å². The summed E-state index contributed by atoms with van der Waals surface area (Å²) in [7, 11) is 4.81. The van der Waals surface area contributed by atoms with E-state index in [-0.39, 0.29) is 0 Å². The molecule has 8 heteroatoms. The van der Waals surface area contributed by atoms with Crippen LogP contribution in [0.4, 0.5) is 0 Å². The van der Waals surface area contributed by atoms with Crippen molar-refractivity contribution >= 4 is 17.6 Å². The van der Waals surface area contributed by atoms with Crippen LogP contribution in [0.1, 0.15) is 11.1 Å². The highest BCUT2D eigenvalue weighted by Gasteiger charge is 2.38. The molecule has 0 aromatic heterocycles. The lowest BCUT2D eigenvalue weighted by atomic mass is 10.1. The molecular weight excluding hydrogens is 344 g/mol. The highest BCUT2D eigenvalue weighted by atomic mass is 28.4. The fourth-order valence-electron chi connectivity index (χ4n) is 2.58. The number of rotatable bonds is 12. The lowest BCUT2D eigenvalue weighted by molar-refractivity contribution is 0.123. The predicted octanol–water partition coefficient (Wildman–Crippen LogP) is 2.53. The van der Waals surface area contributed by atoms with Gasteiger partial charge in [0.15, 0.2) is 0 Å². The molecule has 138 valence electrons. The van der Waals surface area contributed by atoms with Crippen molar-refractivity contribution in [1.29, 1.82) is 0 Å². The lowest BCUT2D eigenvalue weighted by Gasteiger charge is -2.24. The second kappa shape index (κ2) is 10.4. The molecule has 0 radical (unpaired) electrons. The molecule has 0 aliphatic carbocycles. The Balaban J connectivity index is 2.60. The van der Waals surface area contributed by atoms with Gasteiger partial charge in [-0.1, -0.05) is 24.3 Å². The standard InChI is InChI=1S/C16H30O6Si2/c1-17-23(18-2,19-3)13-11-15-7-9-16(10-8-15)12-14-24(20-4,21-5)22-6/h7-10H,11-14H2,1-6H3. The van der Waals surface area contributed by atoms with Gasteiger partial charge in [-0.25, -0.2) is 0 Å². The first-order valence-corrected chi connectivity index (χ1v) is 11.8. The van der Waals surface area contributed by atoms with Crippen LogP contribution in [0.3, 0.4) is 0 Å². The third kappa shape index (κ3) is 5.74. The van der Waals surface area contributed by atoms with E-state index < -0.39 is 17.6 Å². The van der Waals surface area contributed by atoms with Crippen molar-refractivity contribution < 1.29 is 26.6 Å². The zero-order valence-corrected chi connectivity index (χ0v) is 17.6. The van der Waals surface area contributed by atoms with Gasteiger partial charge < -0.3 is 26.6 Å². The first-order valence-electron chi connectivity index (χ1n) is 7.91. The minimum atomic E-state index is -2.51. The van der Waals surface area contributed by atoms with Crippen LogP contribution < -0.4 is 0 Å². The van der Waals surface area contributed by atoms with Crippen LogP contribution in [-0.4, -0.2) is 60.3 Å². The molecule has 0 aliphatic rings. The van der Waals surface area contributed by atoms with Crippen LogP contribution in [0.2, 0.25) is 12.1 Å². The van der Waals surface area contributed by atoms with E-state index in [2.05, 4.69) is 24.3 Å². The predicted molar refractivity (Wildman–Crippen MR) is 97.0 cm³/mol. The molecule has 0 aliphatic heterocycles. The van der Waals surface area contributed by atoms with Gasteiger partial charge in [-0.2, -0.15) is 0 Å². The van der Waals surface area contributed by atoms with Gasteiger partial charge in [0.2, 0.25) is 0 Å². The smallest absolute Gasteiger partial charge is 0.377 e. The molecule has 0 saturated heterocycles. The van der Waals surface area contributed by atoms with Crippen molar-refractivity contribution in [3.05, 3.63) is 35.4 Å². The Kier molecular flexibility index (Phi) is 9.31. The SMILES string of the molecule is CO[Si](CCc1ccc(CC[Si](OC)(OC)OC)cc1)(OC)OC. The second-order valence-corrected chi connectivity index (χ2v) is 11.6. The van der Waals surface area contributed by atoms with Crippen LogP contribution in [0, 0.1) is 0 Å². The molecule has 0 heterocycles. The summed E-state index contributed by atoms with van der Waals surface area (Å²) >= 11 is 0. The Hall–Kier alpha value is -0.586. The van der Waals surface area contributed by atoms with Crippen LogP contribution >= 0.6 is 0 Å². The lowest BCUT2D eigenvalue weighted by Crippen LogP contribution is -2.43. The zero-order chi connectivity index (χ0) is 18.1. The van der Waals surface area contributed by atoms with Crippen molar-refractivity contribution in [2.24, 2.45) is 0 Å². The molecule has 0 bridgehead atoms. The van der Waals surface area contributed by atoms with Crippen LogP contribution in [-0.2, 0) is 39.4 Å². The summed E-state index contributed by atoms with van der Waals surface area (Å²) in [6.45, 7) is 0. The maximum Gasteiger partial charge on any atom is 0.500 e. The van der Waals surface area contributed by atoms with E-state index in [4.69, 9.17) is 26.6 Å². The molecule has 0 atom stereocenters. The average molecular weight is 375 g/mol. The summed E-state index contributed by atoms with van der Waals surface area (Å²) in [6, 6.07) is 10.0. The highest BCUT2D eigenvalue weighted by molar-refractivity contribution is 6.60. The van der Waals surface area contributed by atoms with E-state index >= 15 is 0 Å². The summed E-state index contributed by atoms with van der Waals surface area (Å²) in [5.41, 5.74) is 2.46. The van der Waals surface area contributed by atoms with Crippen molar-refractivity contribution in [2.45, 2.75) is 24.9 Å². The van der Waals surface area contributed by atoms with E-state index in [1.807, 2.05) is 0 Å². The monoisotopic (exact) mass is 374 g/mol. The largest absolute Gasteiger partial charge is 0.500 e. The summed E-state index contributed by atoms with van der Waals surface area (Å²) in [5, 5.41) is 0. The molecule has 0 unspecified atom stereocenters. The number of hydrogen-bond donors (Lipinski definition) is 0. The fraction of sp³-hybridized carbons (Fsp3) is 0.625. The molecule has 0 N–H and O–H groups in total. The van der Waals surface area contributed by atoms with Gasteiger partial charge in [0.1, 0.15) is 0 Å². The molecule has 0 spiro atoms. The van der Waals surface area contributed by atoms with E-state index in [0.29, 0.717) is 0 Å². The Labute approximate surface area is 147 Å². The average Bonchev–Trinajstić information content (AvgIpc) is 2.66. The topological polar surface area (TPSA) is 55.4 Å². The minimum absolute atomic E-state index is 0.753. The van der Waals surface area contributed by atoms with Crippen molar-refractivity contribution in [3.8, 4) is 0 Å². The second-order valence-electron chi connectivity index (χ2n) is 5.41. The van der Waals surface area contributed by atoms with Gasteiger partial charge in [0, 0.05) is 54.7 Å². The first kappa shape index (κ1) is 21.5. The van der Waals surface area contributed by atoms with Gasteiger partial charge in [-0.3, -0.25) is 0 Å². The van der Waals surface area contributed by atoms with E-state index in [1.54, 1.807) is 42.7 Å². The summed E-state index contributed by atoms with van der Waals surface area (Å²) in [4.78, 5) is 0. The van der Waals surface area contributed by atoms with Gasteiger partial charge in [-0.15, -0.1) is 0 Å². The Morgan fingerprint density at radius 1 is 0.542 bits per heavy atom. The molecule has 24 heavy (non-hydrogen) atoms. The maximum atomic E-state index is 5.45.